The summed E-state index contributed by atoms with van der Waals surface area (Å²) in [6.07, 6.45) is 1.50. The SMILES string of the molecule is CC(C)OC(=O)/C(=C\c1cccc(Cl)c1)c1ccccc1CC(=O)OC(C)(C)C. The van der Waals surface area contributed by atoms with E-state index in [1.807, 2.05) is 51.1 Å². The van der Waals surface area contributed by atoms with Crippen LogP contribution in [0.5, 0.6) is 0 Å². The fourth-order valence-corrected chi connectivity index (χ4v) is 2.96. The minimum Gasteiger partial charge on any atom is -0.460 e. The van der Waals surface area contributed by atoms with Crippen LogP contribution in [0.3, 0.4) is 0 Å². The molecule has 154 valence electrons. The standard InChI is InChI=1S/C24H27ClO4/c1-16(2)28-23(27)21(14-17-9-8-11-19(25)13-17)20-12-7-6-10-18(20)15-22(26)29-24(3,4)5/h6-14,16H,15H2,1-5H3/b21-14-. The first kappa shape index (κ1) is 22.7. The average molecular weight is 415 g/mol. The van der Waals surface area contributed by atoms with Crippen LogP contribution in [0.4, 0.5) is 0 Å². The van der Waals surface area contributed by atoms with Gasteiger partial charge in [-0.25, -0.2) is 4.79 Å². The van der Waals surface area contributed by atoms with E-state index in [9.17, 15) is 9.59 Å². The summed E-state index contributed by atoms with van der Waals surface area (Å²) in [6.45, 7) is 9.05. The molecule has 0 amide bonds. The van der Waals surface area contributed by atoms with Crippen LogP contribution in [0.2, 0.25) is 5.02 Å². The molecule has 0 saturated heterocycles. The second-order valence-electron chi connectivity index (χ2n) is 7.99. The van der Waals surface area contributed by atoms with Crippen molar-refractivity contribution in [2.24, 2.45) is 0 Å². The molecule has 0 fully saturated rings. The maximum absolute atomic E-state index is 12.9. The largest absolute Gasteiger partial charge is 0.460 e. The molecule has 0 spiro atoms. The summed E-state index contributed by atoms with van der Waals surface area (Å²) < 4.78 is 10.9. The first-order valence-electron chi connectivity index (χ1n) is 9.53. The van der Waals surface area contributed by atoms with Crippen LogP contribution < -0.4 is 0 Å². The van der Waals surface area contributed by atoms with E-state index in [1.54, 1.807) is 38.1 Å². The molecule has 0 saturated carbocycles. The molecule has 0 radical (unpaired) electrons. The van der Waals surface area contributed by atoms with Gasteiger partial charge in [0.05, 0.1) is 18.1 Å². The van der Waals surface area contributed by atoms with Gasteiger partial charge in [-0.15, -0.1) is 0 Å². The molecule has 2 rings (SSSR count). The molecule has 0 bridgehead atoms. The lowest BCUT2D eigenvalue weighted by atomic mass is 9.95. The van der Waals surface area contributed by atoms with Gasteiger partial charge in [-0.05, 0) is 69.5 Å². The minimum absolute atomic E-state index is 0.0509. The Morgan fingerprint density at radius 3 is 2.38 bits per heavy atom. The van der Waals surface area contributed by atoms with Gasteiger partial charge in [0.25, 0.3) is 0 Å². The van der Waals surface area contributed by atoms with Crippen LogP contribution >= 0.6 is 11.6 Å². The summed E-state index contributed by atoms with van der Waals surface area (Å²) in [5.74, 6) is -0.819. The van der Waals surface area contributed by atoms with Crippen molar-refractivity contribution in [1.82, 2.24) is 0 Å². The van der Waals surface area contributed by atoms with Gasteiger partial charge in [0.15, 0.2) is 0 Å². The van der Waals surface area contributed by atoms with Crippen molar-refractivity contribution < 1.29 is 19.1 Å². The molecule has 0 unspecified atom stereocenters. The van der Waals surface area contributed by atoms with E-state index >= 15 is 0 Å². The molecule has 0 atom stereocenters. The fraction of sp³-hybridized carbons (Fsp3) is 0.333. The monoisotopic (exact) mass is 414 g/mol. The maximum atomic E-state index is 12.9. The number of hydrogen-bond donors (Lipinski definition) is 0. The highest BCUT2D eigenvalue weighted by molar-refractivity contribution is 6.30. The van der Waals surface area contributed by atoms with E-state index in [1.165, 1.54) is 0 Å². The van der Waals surface area contributed by atoms with Crippen molar-refractivity contribution >= 4 is 35.2 Å². The Hall–Kier alpha value is -2.59. The third-order valence-electron chi connectivity index (χ3n) is 3.78. The number of carbonyl (C=O) groups is 2. The van der Waals surface area contributed by atoms with Gasteiger partial charge < -0.3 is 9.47 Å². The van der Waals surface area contributed by atoms with Gasteiger partial charge in [-0.1, -0.05) is 48.0 Å². The molecule has 5 heteroatoms. The summed E-state index contributed by atoms with van der Waals surface area (Å²) >= 11 is 6.09. The highest BCUT2D eigenvalue weighted by Gasteiger charge is 2.22. The van der Waals surface area contributed by atoms with Gasteiger partial charge in [0.2, 0.25) is 0 Å². The third kappa shape index (κ3) is 7.39. The van der Waals surface area contributed by atoms with Crippen molar-refractivity contribution in [3.05, 3.63) is 70.2 Å². The smallest absolute Gasteiger partial charge is 0.339 e. The summed E-state index contributed by atoms with van der Waals surface area (Å²) in [7, 11) is 0. The molecule has 4 nitrogen and oxygen atoms in total. The number of halogens is 1. The van der Waals surface area contributed by atoms with E-state index in [4.69, 9.17) is 21.1 Å². The van der Waals surface area contributed by atoms with Crippen molar-refractivity contribution in [1.29, 1.82) is 0 Å². The predicted molar refractivity (Wildman–Crippen MR) is 117 cm³/mol. The zero-order valence-electron chi connectivity index (χ0n) is 17.5. The third-order valence-corrected chi connectivity index (χ3v) is 4.02. The molecule has 0 aliphatic rings. The van der Waals surface area contributed by atoms with Crippen LogP contribution in [0.1, 0.15) is 51.3 Å². The van der Waals surface area contributed by atoms with E-state index < -0.39 is 11.6 Å². The first-order valence-corrected chi connectivity index (χ1v) is 9.91. The average Bonchev–Trinajstić information content (AvgIpc) is 2.58. The lowest BCUT2D eigenvalue weighted by molar-refractivity contribution is -0.154. The van der Waals surface area contributed by atoms with Crippen LogP contribution in [0.25, 0.3) is 11.6 Å². The second-order valence-corrected chi connectivity index (χ2v) is 8.42. The molecule has 0 aliphatic carbocycles. The number of esters is 2. The Balaban J connectivity index is 2.48. The van der Waals surface area contributed by atoms with Gasteiger partial charge in [0.1, 0.15) is 5.60 Å². The van der Waals surface area contributed by atoms with Crippen molar-refractivity contribution in [2.45, 2.75) is 52.7 Å². The summed E-state index contributed by atoms with van der Waals surface area (Å²) in [5.41, 5.74) is 1.86. The zero-order chi connectivity index (χ0) is 21.6. The second kappa shape index (κ2) is 9.75. The van der Waals surface area contributed by atoms with Crippen LogP contribution in [-0.2, 0) is 25.5 Å². The normalized spacial score (nSPS) is 12.0. The highest BCUT2D eigenvalue weighted by atomic mass is 35.5. The number of hydrogen-bond acceptors (Lipinski definition) is 4. The van der Waals surface area contributed by atoms with Crippen LogP contribution in [0, 0.1) is 0 Å². The van der Waals surface area contributed by atoms with Crippen LogP contribution in [-0.4, -0.2) is 23.6 Å². The number of ether oxygens (including phenoxy) is 2. The molecule has 0 N–H and O–H groups in total. The lowest BCUT2D eigenvalue weighted by Crippen LogP contribution is -2.25. The predicted octanol–water partition coefficient (Wildman–Crippen LogP) is 5.72. The molecule has 2 aromatic carbocycles. The van der Waals surface area contributed by atoms with E-state index in [0.29, 0.717) is 21.7 Å². The molecule has 0 aromatic heterocycles. The van der Waals surface area contributed by atoms with Crippen LogP contribution in [0.15, 0.2) is 48.5 Å². The van der Waals surface area contributed by atoms with Crippen molar-refractivity contribution in [2.75, 3.05) is 0 Å². The minimum atomic E-state index is -0.581. The Labute approximate surface area is 177 Å². The Kier molecular flexibility index (Phi) is 7.63. The summed E-state index contributed by atoms with van der Waals surface area (Å²) in [4.78, 5) is 25.2. The number of rotatable bonds is 6. The Morgan fingerprint density at radius 2 is 1.76 bits per heavy atom. The Morgan fingerprint density at radius 1 is 1.07 bits per heavy atom. The first-order chi connectivity index (χ1) is 13.5. The summed E-state index contributed by atoms with van der Waals surface area (Å²) in [5, 5.41) is 0.567. The maximum Gasteiger partial charge on any atom is 0.339 e. The van der Waals surface area contributed by atoms with E-state index in [-0.39, 0.29) is 18.5 Å². The molecule has 2 aromatic rings. The van der Waals surface area contributed by atoms with E-state index in [2.05, 4.69) is 0 Å². The van der Waals surface area contributed by atoms with Gasteiger partial charge in [0, 0.05) is 5.02 Å². The highest BCUT2D eigenvalue weighted by Crippen LogP contribution is 2.26. The Bertz CT molecular complexity index is 907. The van der Waals surface area contributed by atoms with E-state index in [0.717, 1.165) is 5.56 Å². The number of benzene rings is 2. The van der Waals surface area contributed by atoms with Crippen molar-refractivity contribution in [3.8, 4) is 0 Å². The molecule has 29 heavy (non-hydrogen) atoms. The molecule has 0 aliphatic heterocycles. The van der Waals surface area contributed by atoms with Gasteiger partial charge >= 0.3 is 11.9 Å². The van der Waals surface area contributed by atoms with Gasteiger partial charge in [-0.2, -0.15) is 0 Å². The molecule has 0 heterocycles. The summed E-state index contributed by atoms with van der Waals surface area (Å²) in [6, 6.07) is 14.5. The zero-order valence-corrected chi connectivity index (χ0v) is 18.2. The number of carbonyl (C=O) groups excluding carboxylic acids is 2. The fourth-order valence-electron chi connectivity index (χ4n) is 2.76. The topological polar surface area (TPSA) is 52.6 Å². The lowest BCUT2D eigenvalue weighted by Gasteiger charge is -2.20. The quantitative estimate of drug-likeness (QED) is 0.345. The molecular weight excluding hydrogens is 388 g/mol. The van der Waals surface area contributed by atoms with Gasteiger partial charge in [-0.3, -0.25) is 4.79 Å². The molecular formula is C24H27ClO4. The van der Waals surface area contributed by atoms with Crippen molar-refractivity contribution in [3.63, 3.8) is 0 Å².